The third kappa shape index (κ3) is 2.26. The van der Waals surface area contributed by atoms with Crippen molar-refractivity contribution < 1.29 is 9.84 Å². The van der Waals surface area contributed by atoms with Crippen molar-refractivity contribution >= 4 is 0 Å². The van der Waals surface area contributed by atoms with E-state index in [0.717, 1.165) is 19.3 Å². The summed E-state index contributed by atoms with van der Waals surface area (Å²) in [4.78, 5) is 0. The molecule has 1 aliphatic carbocycles. The number of ether oxygens (including phenoxy) is 1. The van der Waals surface area contributed by atoms with E-state index in [0.29, 0.717) is 6.10 Å². The van der Waals surface area contributed by atoms with Crippen LogP contribution in [0, 0.1) is 0 Å². The van der Waals surface area contributed by atoms with Crippen LogP contribution in [0.1, 0.15) is 51.9 Å². The van der Waals surface area contributed by atoms with E-state index < -0.39 is 0 Å². The highest BCUT2D eigenvalue weighted by Gasteiger charge is 2.60. The van der Waals surface area contributed by atoms with Crippen LogP contribution in [0.5, 0.6) is 0 Å². The van der Waals surface area contributed by atoms with Gasteiger partial charge in [0.25, 0.3) is 0 Å². The highest BCUT2D eigenvalue weighted by atomic mass is 16.6. The van der Waals surface area contributed by atoms with Crippen LogP contribution in [-0.2, 0) is 4.74 Å². The summed E-state index contributed by atoms with van der Waals surface area (Å²) in [6, 6.07) is 0. The van der Waals surface area contributed by atoms with Crippen LogP contribution >= 0.6 is 0 Å². The Balaban J connectivity index is 1.80. The predicted molar refractivity (Wildman–Crippen MR) is 60.7 cm³/mol. The molecular weight excluding hydrogens is 188 g/mol. The molecule has 1 saturated carbocycles. The fourth-order valence-corrected chi connectivity index (χ4v) is 2.60. The molecule has 1 saturated heterocycles. The van der Waals surface area contributed by atoms with Crippen molar-refractivity contribution in [1.82, 2.24) is 0 Å². The Morgan fingerprint density at radius 1 is 1.53 bits per heavy atom. The van der Waals surface area contributed by atoms with Crippen molar-refractivity contribution in [3.63, 3.8) is 0 Å². The van der Waals surface area contributed by atoms with E-state index in [1.54, 1.807) is 0 Å². The predicted octanol–water partition coefficient (Wildman–Crippen LogP) is 2.81. The maximum Gasteiger partial charge on any atom is 0.124 e. The van der Waals surface area contributed by atoms with E-state index in [1.807, 2.05) is 6.08 Å². The summed E-state index contributed by atoms with van der Waals surface area (Å²) in [6.07, 6.45) is 12.2. The zero-order valence-electron chi connectivity index (χ0n) is 9.61. The fraction of sp³-hybridized carbons (Fsp3) is 0.846. The van der Waals surface area contributed by atoms with Gasteiger partial charge in [-0.2, -0.15) is 0 Å². The Labute approximate surface area is 92.3 Å². The Morgan fingerprint density at radius 3 is 3.13 bits per heavy atom. The molecule has 2 rings (SSSR count). The second-order valence-corrected chi connectivity index (χ2v) is 4.82. The molecule has 2 heteroatoms. The number of hydrogen-bond donors (Lipinski definition) is 1. The van der Waals surface area contributed by atoms with Gasteiger partial charge >= 0.3 is 0 Å². The van der Waals surface area contributed by atoms with Gasteiger partial charge in [-0.25, -0.2) is 0 Å². The van der Waals surface area contributed by atoms with Crippen molar-refractivity contribution in [3.05, 3.63) is 12.2 Å². The van der Waals surface area contributed by atoms with Crippen molar-refractivity contribution in [2.75, 3.05) is 0 Å². The summed E-state index contributed by atoms with van der Waals surface area (Å²) >= 11 is 0. The largest absolute Gasteiger partial charge is 0.386 e. The number of rotatable bonds is 5. The maximum atomic E-state index is 10.1. The SMILES string of the molecule is CCCCC=C[C@H](O)[C@@]12CCCCC1O2. The van der Waals surface area contributed by atoms with Crippen LogP contribution in [0.25, 0.3) is 0 Å². The summed E-state index contributed by atoms with van der Waals surface area (Å²) in [5.74, 6) is 0. The molecule has 0 spiro atoms. The van der Waals surface area contributed by atoms with E-state index in [2.05, 4.69) is 13.0 Å². The number of fused-ring (bicyclic) bond motifs is 1. The zero-order valence-corrected chi connectivity index (χ0v) is 9.61. The monoisotopic (exact) mass is 210 g/mol. The maximum absolute atomic E-state index is 10.1. The van der Waals surface area contributed by atoms with Gasteiger partial charge in [0.05, 0.1) is 6.10 Å². The lowest BCUT2D eigenvalue weighted by Gasteiger charge is -2.20. The van der Waals surface area contributed by atoms with E-state index in [9.17, 15) is 5.11 Å². The molecule has 0 radical (unpaired) electrons. The molecule has 0 bridgehead atoms. The van der Waals surface area contributed by atoms with Gasteiger partial charge in [0, 0.05) is 0 Å². The van der Waals surface area contributed by atoms with Gasteiger partial charge in [0.2, 0.25) is 0 Å². The highest BCUT2D eigenvalue weighted by Crippen LogP contribution is 2.50. The molecule has 1 N–H and O–H groups in total. The Kier molecular flexibility index (Phi) is 3.47. The van der Waals surface area contributed by atoms with Crippen molar-refractivity contribution in [3.8, 4) is 0 Å². The molecule has 15 heavy (non-hydrogen) atoms. The molecule has 0 aromatic heterocycles. The van der Waals surface area contributed by atoms with Gasteiger partial charge < -0.3 is 9.84 Å². The molecule has 0 aromatic rings. The lowest BCUT2D eigenvalue weighted by molar-refractivity contribution is 0.104. The van der Waals surface area contributed by atoms with Gasteiger partial charge in [-0.15, -0.1) is 0 Å². The van der Waals surface area contributed by atoms with Crippen molar-refractivity contribution in [1.29, 1.82) is 0 Å². The number of aliphatic hydroxyl groups excluding tert-OH is 1. The second-order valence-electron chi connectivity index (χ2n) is 4.82. The molecule has 0 aromatic carbocycles. The third-order valence-corrected chi connectivity index (χ3v) is 3.68. The summed E-state index contributed by atoms with van der Waals surface area (Å²) in [5.41, 5.74) is -0.180. The lowest BCUT2D eigenvalue weighted by Crippen LogP contribution is -2.32. The summed E-state index contributed by atoms with van der Waals surface area (Å²) < 4.78 is 5.68. The summed E-state index contributed by atoms with van der Waals surface area (Å²) in [6.45, 7) is 2.18. The Morgan fingerprint density at radius 2 is 2.40 bits per heavy atom. The molecule has 1 unspecified atom stereocenters. The van der Waals surface area contributed by atoms with Crippen LogP contribution in [0.3, 0.4) is 0 Å². The fourth-order valence-electron chi connectivity index (χ4n) is 2.60. The lowest BCUT2D eigenvalue weighted by atomic mass is 9.85. The zero-order chi connectivity index (χ0) is 10.7. The van der Waals surface area contributed by atoms with Crippen LogP contribution in [-0.4, -0.2) is 22.9 Å². The van der Waals surface area contributed by atoms with E-state index >= 15 is 0 Å². The van der Waals surface area contributed by atoms with E-state index in [4.69, 9.17) is 4.74 Å². The first kappa shape index (κ1) is 11.2. The van der Waals surface area contributed by atoms with Gasteiger partial charge in [-0.3, -0.25) is 0 Å². The second kappa shape index (κ2) is 4.67. The van der Waals surface area contributed by atoms with Crippen molar-refractivity contribution in [2.45, 2.75) is 69.7 Å². The molecule has 86 valence electrons. The number of unbranched alkanes of at least 4 members (excludes halogenated alkanes) is 2. The van der Waals surface area contributed by atoms with E-state index in [-0.39, 0.29) is 11.7 Å². The van der Waals surface area contributed by atoms with Crippen LogP contribution in [0.15, 0.2) is 12.2 Å². The number of epoxide rings is 1. The highest BCUT2D eigenvalue weighted by molar-refractivity contribution is 5.15. The summed E-state index contributed by atoms with van der Waals surface area (Å²) in [7, 11) is 0. The van der Waals surface area contributed by atoms with Crippen LogP contribution in [0.4, 0.5) is 0 Å². The number of allylic oxidation sites excluding steroid dienone is 1. The van der Waals surface area contributed by atoms with E-state index in [1.165, 1.54) is 25.7 Å². The molecule has 2 aliphatic rings. The number of aliphatic hydroxyl groups is 1. The smallest absolute Gasteiger partial charge is 0.124 e. The molecule has 1 aliphatic heterocycles. The standard InChI is InChI=1S/C13H22O2/c1-2-3-4-5-8-11(14)13-10-7-6-9-12(13)15-13/h5,8,11-12,14H,2-4,6-7,9-10H2,1H3/t11-,12?,13-/m0/s1. The first-order valence-electron chi connectivity index (χ1n) is 6.32. The molecule has 0 amide bonds. The Hall–Kier alpha value is -0.340. The van der Waals surface area contributed by atoms with Gasteiger partial charge in [-0.1, -0.05) is 44.8 Å². The minimum Gasteiger partial charge on any atom is -0.386 e. The number of hydrogen-bond acceptors (Lipinski definition) is 2. The van der Waals surface area contributed by atoms with Gasteiger partial charge in [0.15, 0.2) is 0 Å². The molecule has 2 fully saturated rings. The molecular formula is C13H22O2. The van der Waals surface area contributed by atoms with Gasteiger partial charge in [0.1, 0.15) is 11.7 Å². The van der Waals surface area contributed by atoms with Crippen LogP contribution < -0.4 is 0 Å². The topological polar surface area (TPSA) is 32.8 Å². The third-order valence-electron chi connectivity index (χ3n) is 3.68. The van der Waals surface area contributed by atoms with Gasteiger partial charge in [-0.05, 0) is 19.3 Å². The first-order valence-corrected chi connectivity index (χ1v) is 6.32. The quantitative estimate of drug-likeness (QED) is 0.430. The van der Waals surface area contributed by atoms with Crippen molar-refractivity contribution in [2.24, 2.45) is 0 Å². The molecule has 1 heterocycles. The minimum atomic E-state index is -0.375. The molecule has 3 atom stereocenters. The average Bonchev–Trinajstić information content (AvgIpc) is 2.99. The average molecular weight is 210 g/mol. The summed E-state index contributed by atoms with van der Waals surface area (Å²) in [5, 5.41) is 10.1. The Bertz CT molecular complexity index is 237. The normalized spacial score (nSPS) is 36.5. The minimum absolute atomic E-state index is 0.180. The molecule has 2 nitrogen and oxygen atoms in total. The van der Waals surface area contributed by atoms with Crippen LogP contribution in [0.2, 0.25) is 0 Å². The first-order chi connectivity index (χ1) is 7.29.